The van der Waals surface area contributed by atoms with Crippen molar-refractivity contribution in [3.8, 4) is 0 Å². The molecule has 20 heavy (non-hydrogen) atoms. The standard InChI is InChI=1S/C14H13N3O3/c1-7-5-6-10(12(18)16-7)17-13(19)8-3-2-4-9(15)11(8)14(17)20/h2-4,10H,1,5-6,15H2,(H,16,18)/i2D,3D,4D,10D. The summed E-state index contributed by atoms with van der Waals surface area (Å²) < 4.78 is 31.5. The van der Waals surface area contributed by atoms with E-state index in [2.05, 4.69) is 11.9 Å². The highest BCUT2D eigenvalue weighted by Gasteiger charge is 2.44. The molecule has 2 aliphatic heterocycles. The van der Waals surface area contributed by atoms with Crippen molar-refractivity contribution < 1.29 is 19.9 Å². The Morgan fingerprint density at radius 1 is 1.40 bits per heavy atom. The van der Waals surface area contributed by atoms with Gasteiger partial charge >= 0.3 is 0 Å². The van der Waals surface area contributed by atoms with E-state index in [1.165, 1.54) is 0 Å². The Hall–Kier alpha value is -2.63. The number of amides is 3. The van der Waals surface area contributed by atoms with Gasteiger partial charge in [0.1, 0.15) is 6.02 Å². The lowest BCUT2D eigenvalue weighted by molar-refractivity contribution is -0.125. The molecule has 2 aliphatic rings. The number of rotatable bonds is 1. The summed E-state index contributed by atoms with van der Waals surface area (Å²) in [5.41, 5.74) is 4.82. The summed E-state index contributed by atoms with van der Waals surface area (Å²) in [5.74, 6) is -2.92. The summed E-state index contributed by atoms with van der Waals surface area (Å²) >= 11 is 0. The molecule has 3 amide bonds. The molecule has 3 rings (SSSR count). The molecule has 0 aromatic heterocycles. The number of fused-ring (bicyclic) bond motifs is 1. The minimum absolute atomic E-state index is 0.141. The molecule has 0 radical (unpaired) electrons. The number of nitrogen functional groups attached to an aromatic ring is 1. The molecule has 3 N–H and O–H groups in total. The Balaban J connectivity index is 2.18. The Kier molecular flexibility index (Phi) is 1.79. The molecular formula is C14H13N3O3. The van der Waals surface area contributed by atoms with Crippen LogP contribution in [0, 0.1) is 0 Å². The smallest absolute Gasteiger partial charge is 0.264 e. The summed E-state index contributed by atoms with van der Waals surface area (Å²) in [6.45, 7) is 3.58. The van der Waals surface area contributed by atoms with Gasteiger partial charge in [0.25, 0.3) is 11.8 Å². The van der Waals surface area contributed by atoms with Crippen LogP contribution in [-0.2, 0) is 4.79 Å². The van der Waals surface area contributed by atoms with E-state index < -0.39 is 58.7 Å². The lowest BCUT2D eigenvalue weighted by Gasteiger charge is -2.29. The van der Waals surface area contributed by atoms with Crippen molar-refractivity contribution in [3.05, 3.63) is 41.5 Å². The zero-order chi connectivity index (χ0) is 18.0. The monoisotopic (exact) mass is 275 g/mol. The predicted octanol–water partition coefficient (Wildman–Crippen LogP) is 0.657. The second-order valence-corrected chi connectivity index (χ2v) is 4.49. The van der Waals surface area contributed by atoms with E-state index in [0.29, 0.717) is 10.6 Å². The van der Waals surface area contributed by atoms with Gasteiger partial charge in [-0.1, -0.05) is 12.6 Å². The molecule has 6 nitrogen and oxygen atoms in total. The van der Waals surface area contributed by atoms with E-state index in [-0.39, 0.29) is 12.8 Å². The van der Waals surface area contributed by atoms with Crippen LogP contribution in [0.2, 0.25) is 0 Å². The van der Waals surface area contributed by atoms with Crippen molar-refractivity contribution in [3.63, 3.8) is 0 Å². The molecule has 0 aliphatic carbocycles. The average Bonchev–Trinajstić information content (AvgIpc) is 2.79. The summed E-state index contributed by atoms with van der Waals surface area (Å²) in [5, 5.41) is 2.35. The zero-order valence-electron chi connectivity index (χ0n) is 14.4. The second kappa shape index (κ2) is 4.19. The van der Waals surface area contributed by atoms with E-state index in [4.69, 9.17) is 11.2 Å². The number of nitrogens with zero attached hydrogens (tertiary/aromatic N) is 1. The quantitative estimate of drug-likeness (QED) is 0.581. The van der Waals surface area contributed by atoms with E-state index in [1.807, 2.05) is 0 Å². The minimum atomic E-state index is -2.20. The molecule has 1 aromatic rings. The average molecular weight is 275 g/mol. The van der Waals surface area contributed by atoms with Crippen molar-refractivity contribution >= 4 is 23.4 Å². The number of nitrogens with one attached hydrogen (secondary N) is 1. The van der Waals surface area contributed by atoms with Crippen LogP contribution in [-0.4, -0.2) is 28.6 Å². The molecule has 0 spiro atoms. The van der Waals surface area contributed by atoms with Crippen LogP contribution in [0.5, 0.6) is 0 Å². The first kappa shape index (κ1) is 8.52. The van der Waals surface area contributed by atoms with Gasteiger partial charge in [0, 0.05) is 11.4 Å². The van der Waals surface area contributed by atoms with Crippen LogP contribution in [0.15, 0.2) is 30.4 Å². The number of hydrogen-bond donors (Lipinski definition) is 2. The number of carbonyl (C=O) groups is 3. The highest BCUT2D eigenvalue weighted by molar-refractivity contribution is 6.25. The third kappa shape index (κ3) is 1.61. The number of benzene rings is 1. The van der Waals surface area contributed by atoms with E-state index in [0.717, 1.165) is 0 Å². The van der Waals surface area contributed by atoms with Crippen LogP contribution >= 0.6 is 0 Å². The maximum atomic E-state index is 12.7. The topological polar surface area (TPSA) is 92.5 Å². The van der Waals surface area contributed by atoms with Gasteiger partial charge in [-0.05, 0) is 24.9 Å². The lowest BCUT2D eigenvalue weighted by Crippen LogP contribution is -2.51. The SMILES string of the molecule is [2H]c1c([2H])c(N)c2c(c1[2H])C(=O)N(C1([2H])CCC(=C)NC1=O)C2=O. The zero-order valence-corrected chi connectivity index (χ0v) is 10.4. The number of hydrogen-bond acceptors (Lipinski definition) is 4. The number of carbonyl (C=O) groups excluding carboxylic acids is 3. The van der Waals surface area contributed by atoms with Crippen molar-refractivity contribution in [2.75, 3.05) is 5.73 Å². The van der Waals surface area contributed by atoms with Gasteiger partial charge in [0.15, 0.2) is 0 Å². The van der Waals surface area contributed by atoms with E-state index in [1.54, 1.807) is 0 Å². The van der Waals surface area contributed by atoms with Crippen molar-refractivity contribution in [1.82, 2.24) is 10.2 Å². The van der Waals surface area contributed by atoms with Gasteiger partial charge in [-0.15, -0.1) is 0 Å². The molecular weight excluding hydrogens is 258 g/mol. The fraction of sp³-hybridized carbons (Fsp3) is 0.214. The fourth-order valence-electron chi connectivity index (χ4n) is 2.26. The van der Waals surface area contributed by atoms with Gasteiger partial charge in [0.05, 0.1) is 16.6 Å². The molecule has 1 fully saturated rings. The van der Waals surface area contributed by atoms with Crippen molar-refractivity contribution in [2.45, 2.75) is 18.9 Å². The fourth-order valence-corrected chi connectivity index (χ4v) is 2.26. The molecule has 0 saturated carbocycles. The normalized spacial score (nSPS) is 28.5. The number of allylic oxidation sites excluding steroid dienone is 1. The maximum absolute atomic E-state index is 12.7. The van der Waals surface area contributed by atoms with Crippen LogP contribution < -0.4 is 11.1 Å². The maximum Gasteiger partial charge on any atom is 0.264 e. The molecule has 1 aromatic carbocycles. The van der Waals surface area contributed by atoms with Crippen LogP contribution in [0.25, 0.3) is 0 Å². The third-order valence-electron chi connectivity index (χ3n) is 3.22. The Labute approximate surface area is 120 Å². The number of anilines is 1. The molecule has 1 atom stereocenters. The number of piperidine rings is 1. The van der Waals surface area contributed by atoms with E-state index in [9.17, 15) is 14.4 Å². The Bertz CT molecular complexity index is 807. The molecule has 0 bridgehead atoms. The van der Waals surface area contributed by atoms with Gasteiger partial charge in [-0.3, -0.25) is 19.3 Å². The second-order valence-electron chi connectivity index (χ2n) is 4.49. The highest BCUT2D eigenvalue weighted by atomic mass is 16.2. The Morgan fingerprint density at radius 3 is 2.85 bits per heavy atom. The molecule has 1 saturated heterocycles. The first-order valence-electron chi connectivity index (χ1n) is 7.88. The van der Waals surface area contributed by atoms with Gasteiger partial charge in [-0.2, -0.15) is 0 Å². The molecule has 6 heteroatoms. The molecule has 2 heterocycles. The van der Waals surface area contributed by atoms with Crippen molar-refractivity contribution in [1.29, 1.82) is 0 Å². The summed E-state index contributed by atoms with van der Waals surface area (Å²) in [4.78, 5) is 37.9. The van der Waals surface area contributed by atoms with Crippen LogP contribution in [0.4, 0.5) is 5.69 Å². The largest absolute Gasteiger partial charge is 0.398 e. The molecule has 102 valence electrons. The summed E-state index contributed by atoms with van der Waals surface area (Å²) in [7, 11) is 0. The van der Waals surface area contributed by atoms with E-state index >= 15 is 0 Å². The van der Waals surface area contributed by atoms with Gasteiger partial charge in [-0.25, -0.2) is 0 Å². The molecule has 1 unspecified atom stereocenters. The van der Waals surface area contributed by atoms with Crippen molar-refractivity contribution in [2.24, 2.45) is 0 Å². The summed E-state index contributed by atoms with van der Waals surface area (Å²) in [6.07, 6.45) is 0.0666. The third-order valence-corrected chi connectivity index (χ3v) is 3.22. The van der Waals surface area contributed by atoms with Gasteiger partial charge < -0.3 is 11.1 Å². The highest BCUT2D eigenvalue weighted by Crippen LogP contribution is 2.31. The summed E-state index contributed by atoms with van der Waals surface area (Å²) in [6, 6.07) is -3.94. The first-order valence-corrected chi connectivity index (χ1v) is 5.88. The Morgan fingerprint density at radius 2 is 2.15 bits per heavy atom. The number of nitrogens with two attached hydrogens (primary N) is 1. The van der Waals surface area contributed by atoms with Crippen LogP contribution in [0.3, 0.4) is 0 Å². The number of imide groups is 1. The lowest BCUT2D eigenvalue weighted by atomic mass is 10.0. The minimum Gasteiger partial charge on any atom is -0.398 e. The first-order chi connectivity index (χ1) is 11.1. The predicted molar refractivity (Wildman–Crippen MR) is 71.7 cm³/mol. The van der Waals surface area contributed by atoms with Gasteiger partial charge in [0.2, 0.25) is 5.91 Å². The van der Waals surface area contributed by atoms with Crippen LogP contribution in [0.1, 0.15) is 39.0 Å².